The molecule has 0 unspecified atom stereocenters. The van der Waals surface area contributed by atoms with Crippen LogP contribution in [0.25, 0.3) is 10.9 Å². The van der Waals surface area contributed by atoms with Crippen LogP contribution in [0.3, 0.4) is 0 Å². The fourth-order valence-corrected chi connectivity index (χ4v) is 2.09. The highest BCUT2D eigenvalue weighted by molar-refractivity contribution is 6.07. The van der Waals surface area contributed by atoms with Crippen LogP contribution in [0.2, 0.25) is 0 Å². The molecule has 0 aliphatic heterocycles. The van der Waals surface area contributed by atoms with Crippen LogP contribution in [0.15, 0.2) is 30.5 Å². The third-order valence-electron chi connectivity index (χ3n) is 3.19. The Morgan fingerprint density at radius 1 is 1.32 bits per heavy atom. The van der Waals surface area contributed by atoms with Crippen LogP contribution in [0.5, 0.6) is 0 Å². The lowest BCUT2D eigenvalue weighted by Gasteiger charge is -2.14. The highest BCUT2D eigenvalue weighted by atomic mass is 17.1. The Balaban J connectivity index is 2.16. The molecule has 1 heterocycles. The van der Waals surface area contributed by atoms with Gasteiger partial charge < -0.3 is 16.0 Å². The molecule has 5 N–H and O–H groups in total. The molecule has 8 heteroatoms. The Hall–Kier alpha value is -2.87. The molecule has 0 saturated carbocycles. The Bertz CT molecular complexity index is 709. The summed E-state index contributed by atoms with van der Waals surface area (Å²) in [5, 5.41) is 11.6. The van der Waals surface area contributed by atoms with Crippen molar-refractivity contribution in [2.24, 2.45) is 5.73 Å². The normalized spacial score (nSPS) is 11.9. The molecular weight excluding hydrogens is 290 g/mol. The number of fused-ring (bicyclic) bond motifs is 1. The van der Waals surface area contributed by atoms with Gasteiger partial charge in [-0.1, -0.05) is 18.2 Å². The van der Waals surface area contributed by atoms with Crippen molar-refractivity contribution in [2.75, 3.05) is 0 Å². The van der Waals surface area contributed by atoms with Crippen molar-refractivity contribution in [1.82, 2.24) is 10.3 Å². The quantitative estimate of drug-likeness (QED) is 0.456. The number of amides is 2. The standard InChI is InChI=1S/C14H15N3O5/c15-12(18)6-5-11(14(20)22-21)17-13(19)9-7-16-10-4-2-1-3-8(9)10/h1-4,7,11,16,21H,5-6H2,(H2,15,18)(H,17,19)/t11-/m0/s1. The van der Waals surface area contributed by atoms with Crippen molar-refractivity contribution in [3.63, 3.8) is 0 Å². The van der Waals surface area contributed by atoms with Gasteiger partial charge in [0.1, 0.15) is 6.04 Å². The maximum atomic E-state index is 12.3. The van der Waals surface area contributed by atoms with Crippen molar-refractivity contribution >= 4 is 28.7 Å². The first-order chi connectivity index (χ1) is 10.5. The number of para-hydroxylation sites is 1. The van der Waals surface area contributed by atoms with E-state index in [4.69, 9.17) is 11.0 Å². The van der Waals surface area contributed by atoms with Crippen molar-refractivity contribution in [1.29, 1.82) is 0 Å². The van der Waals surface area contributed by atoms with E-state index in [9.17, 15) is 14.4 Å². The second-order valence-corrected chi connectivity index (χ2v) is 4.69. The molecule has 0 bridgehead atoms. The molecule has 0 spiro atoms. The van der Waals surface area contributed by atoms with Crippen molar-refractivity contribution in [2.45, 2.75) is 18.9 Å². The summed E-state index contributed by atoms with van der Waals surface area (Å²) < 4.78 is 0. The first-order valence-electron chi connectivity index (χ1n) is 6.53. The van der Waals surface area contributed by atoms with Gasteiger partial charge in [0.2, 0.25) is 5.91 Å². The van der Waals surface area contributed by atoms with Gasteiger partial charge in [0.15, 0.2) is 0 Å². The van der Waals surface area contributed by atoms with Gasteiger partial charge in [-0.25, -0.2) is 4.79 Å². The molecule has 0 saturated heterocycles. The predicted octanol–water partition coefficient (Wildman–Crippen LogP) is 0.548. The molecule has 1 aromatic heterocycles. The lowest BCUT2D eigenvalue weighted by atomic mass is 10.1. The van der Waals surface area contributed by atoms with Gasteiger partial charge in [0, 0.05) is 23.5 Å². The minimum atomic E-state index is -1.17. The van der Waals surface area contributed by atoms with Gasteiger partial charge in [0.25, 0.3) is 5.91 Å². The van der Waals surface area contributed by atoms with E-state index in [0.29, 0.717) is 10.9 Å². The van der Waals surface area contributed by atoms with Crippen molar-refractivity contribution in [3.05, 3.63) is 36.0 Å². The van der Waals surface area contributed by atoms with Crippen LogP contribution in [0, 0.1) is 0 Å². The monoisotopic (exact) mass is 305 g/mol. The van der Waals surface area contributed by atoms with Crippen molar-refractivity contribution in [3.8, 4) is 0 Å². The van der Waals surface area contributed by atoms with Gasteiger partial charge >= 0.3 is 5.97 Å². The van der Waals surface area contributed by atoms with Gasteiger partial charge in [-0.2, -0.15) is 5.26 Å². The molecule has 2 amide bonds. The SMILES string of the molecule is NC(=O)CC[C@H](NC(=O)c1c[nH]c2ccccc12)C(=O)OO. The second kappa shape index (κ2) is 6.72. The number of nitrogens with one attached hydrogen (secondary N) is 2. The maximum Gasteiger partial charge on any atom is 0.364 e. The molecule has 0 fully saturated rings. The summed E-state index contributed by atoms with van der Waals surface area (Å²) in [4.78, 5) is 41.1. The van der Waals surface area contributed by atoms with Crippen LogP contribution < -0.4 is 11.1 Å². The van der Waals surface area contributed by atoms with Gasteiger partial charge in [-0.05, 0) is 12.5 Å². The smallest absolute Gasteiger partial charge is 0.364 e. The average molecular weight is 305 g/mol. The Morgan fingerprint density at radius 2 is 2.05 bits per heavy atom. The fraction of sp³-hybridized carbons (Fsp3) is 0.214. The number of carbonyl (C=O) groups excluding carboxylic acids is 3. The topological polar surface area (TPSA) is 135 Å². The summed E-state index contributed by atoms with van der Waals surface area (Å²) in [6.45, 7) is 0. The number of hydrogen-bond acceptors (Lipinski definition) is 5. The first-order valence-corrected chi connectivity index (χ1v) is 6.53. The van der Waals surface area contributed by atoms with Crippen LogP contribution in [0.4, 0.5) is 0 Å². The molecule has 0 aliphatic carbocycles. The number of H-pyrrole nitrogens is 1. The van der Waals surface area contributed by atoms with E-state index in [0.717, 1.165) is 5.52 Å². The number of rotatable bonds is 6. The van der Waals surface area contributed by atoms with Crippen LogP contribution in [-0.2, 0) is 14.5 Å². The predicted molar refractivity (Wildman–Crippen MR) is 76.7 cm³/mol. The van der Waals surface area contributed by atoms with Crippen molar-refractivity contribution < 1.29 is 24.5 Å². The van der Waals surface area contributed by atoms with Crippen LogP contribution in [-0.4, -0.2) is 34.1 Å². The third-order valence-corrected chi connectivity index (χ3v) is 3.19. The van der Waals surface area contributed by atoms with E-state index < -0.39 is 23.8 Å². The lowest BCUT2D eigenvalue weighted by molar-refractivity contribution is -0.236. The fourth-order valence-electron chi connectivity index (χ4n) is 2.09. The lowest BCUT2D eigenvalue weighted by Crippen LogP contribution is -2.42. The largest absolute Gasteiger partial charge is 0.370 e. The number of benzene rings is 1. The highest BCUT2D eigenvalue weighted by Crippen LogP contribution is 2.17. The van der Waals surface area contributed by atoms with Gasteiger partial charge in [-0.3, -0.25) is 14.5 Å². The van der Waals surface area contributed by atoms with E-state index in [-0.39, 0.29) is 12.8 Å². The number of nitrogens with two attached hydrogens (primary N) is 1. The van der Waals surface area contributed by atoms with E-state index >= 15 is 0 Å². The zero-order chi connectivity index (χ0) is 16.1. The number of aromatic nitrogens is 1. The minimum Gasteiger partial charge on any atom is -0.370 e. The summed E-state index contributed by atoms with van der Waals surface area (Å²) in [5.41, 5.74) is 6.12. The average Bonchev–Trinajstić information content (AvgIpc) is 2.94. The Kier molecular flexibility index (Phi) is 4.74. The molecule has 2 rings (SSSR count). The highest BCUT2D eigenvalue weighted by Gasteiger charge is 2.24. The van der Waals surface area contributed by atoms with E-state index in [1.54, 1.807) is 18.2 Å². The molecule has 1 aromatic carbocycles. The summed E-state index contributed by atoms with van der Waals surface area (Å²) in [6.07, 6.45) is 1.31. The molecule has 2 aromatic rings. The summed E-state index contributed by atoms with van der Waals surface area (Å²) in [6, 6.07) is 5.99. The molecule has 8 nitrogen and oxygen atoms in total. The molecular formula is C14H15N3O5. The molecule has 22 heavy (non-hydrogen) atoms. The first kappa shape index (κ1) is 15.5. The zero-order valence-electron chi connectivity index (χ0n) is 11.5. The minimum absolute atomic E-state index is 0.0666. The Morgan fingerprint density at radius 3 is 2.73 bits per heavy atom. The van der Waals surface area contributed by atoms with Crippen LogP contribution >= 0.6 is 0 Å². The zero-order valence-corrected chi connectivity index (χ0v) is 11.5. The number of hydrogen-bond donors (Lipinski definition) is 4. The number of primary amides is 1. The van der Waals surface area contributed by atoms with E-state index in [2.05, 4.69) is 15.2 Å². The van der Waals surface area contributed by atoms with Gasteiger partial charge in [0.05, 0.1) is 5.56 Å². The van der Waals surface area contributed by atoms with E-state index in [1.165, 1.54) is 6.20 Å². The number of aromatic amines is 1. The molecule has 0 aliphatic rings. The van der Waals surface area contributed by atoms with E-state index in [1.807, 2.05) is 6.07 Å². The molecule has 116 valence electrons. The summed E-state index contributed by atoms with van der Waals surface area (Å²) in [7, 11) is 0. The Labute approximate surface area is 125 Å². The maximum absolute atomic E-state index is 12.3. The number of carbonyl (C=O) groups is 3. The third kappa shape index (κ3) is 3.41. The second-order valence-electron chi connectivity index (χ2n) is 4.69. The summed E-state index contributed by atoms with van der Waals surface area (Å²) >= 11 is 0. The molecule has 1 atom stereocenters. The molecule has 0 radical (unpaired) electrons. The van der Waals surface area contributed by atoms with Gasteiger partial charge in [-0.15, -0.1) is 0 Å². The summed E-state index contributed by atoms with van der Waals surface area (Å²) in [5.74, 6) is -2.22. The van der Waals surface area contributed by atoms with Crippen LogP contribution in [0.1, 0.15) is 23.2 Å².